The lowest BCUT2D eigenvalue weighted by Gasteiger charge is -2.13. The molecule has 0 aromatic carbocycles. The number of aromatic nitrogens is 2. The van der Waals surface area contributed by atoms with Gasteiger partial charge >= 0.3 is 0 Å². The van der Waals surface area contributed by atoms with Gasteiger partial charge in [-0.3, -0.25) is 0 Å². The zero-order valence-electron chi connectivity index (χ0n) is 7.15. The minimum atomic E-state index is -0.841. The molecule has 1 heterocycles. The van der Waals surface area contributed by atoms with Crippen LogP contribution < -0.4 is 0 Å². The van der Waals surface area contributed by atoms with Crippen molar-refractivity contribution in [2.75, 3.05) is 0 Å². The highest BCUT2D eigenvalue weighted by molar-refractivity contribution is 5.19. The van der Waals surface area contributed by atoms with Crippen LogP contribution in [0.15, 0.2) is 12.3 Å². The molecule has 4 heteroatoms. The molecule has 3 nitrogen and oxygen atoms in total. The molecule has 13 heavy (non-hydrogen) atoms. The van der Waals surface area contributed by atoms with Crippen LogP contribution in [0.25, 0.3) is 0 Å². The van der Waals surface area contributed by atoms with Crippen molar-refractivity contribution in [2.45, 2.75) is 31.5 Å². The van der Waals surface area contributed by atoms with Crippen molar-refractivity contribution < 1.29 is 4.39 Å². The van der Waals surface area contributed by atoms with Gasteiger partial charge in [0.1, 0.15) is 17.9 Å². The molecule has 2 atom stereocenters. The summed E-state index contributed by atoms with van der Waals surface area (Å²) < 4.78 is 14.8. The zero-order valence-corrected chi connectivity index (χ0v) is 7.15. The summed E-state index contributed by atoms with van der Waals surface area (Å²) in [7, 11) is 0. The SMILES string of the molecule is N#Cc1ccnn1C1CCCC1F. The van der Waals surface area contributed by atoms with Crippen LogP contribution in [0.2, 0.25) is 0 Å². The molecule has 1 aliphatic rings. The summed E-state index contributed by atoms with van der Waals surface area (Å²) in [6.45, 7) is 0. The summed E-state index contributed by atoms with van der Waals surface area (Å²) in [5, 5.41) is 12.7. The lowest BCUT2D eigenvalue weighted by atomic mass is 10.2. The summed E-state index contributed by atoms with van der Waals surface area (Å²) in [5.41, 5.74) is 0.453. The van der Waals surface area contributed by atoms with E-state index in [0.29, 0.717) is 12.1 Å². The van der Waals surface area contributed by atoms with Crippen LogP contribution in [0.1, 0.15) is 31.0 Å². The highest BCUT2D eigenvalue weighted by atomic mass is 19.1. The summed E-state index contributed by atoms with van der Waals surface area (Å²) in [6, 6.07) is 3.40. The predicted octanol–water partition coefficient (Wildman–Crippen LogP) is 1.82. The van der Waals surface area contributed by atoms with Crippen LogP contribution in [0.3, 0.4) is 0 Å². The van der Waals surface area contributed by atoms with Crippen molar-refractivity contribution in [3.63, 3.8) is 0 Å². The maximum atomic E-state index is 13.3. The van der Waals surface area contributed by atoms with E-state index in [1.807, 2.05) is 6.07 Å². The molecule has 0 bridgehead atoms. The molecule has 68 valence electrons. The third kappa shape index (κ3) is 1.31. The van der Waals surface area contributed by atoms with E-state index in [9.17, 15) is 4.39 Å². The molecule has 0 amide bonds. The van der Waals surface area contributed by atoms with Crippen LogP contribution in [0.4, 0.5) is 4.39 Å². The first kappa shape index (κ1) is 8.24. The standard InChI is InChI=1S/C9H10FN3/c10-8-2-1-3-9(8)13-7(6-11)4-5-12-13/h4-5,8-9H,1-3H2. The molecular formula is C9H10FN3. The number of halogens is 1. The van der Waals surface area contributed by atoms with E-state index in [1.165, 1.54) is 4.68 Å². The molecule has 1 aromatic heterocycles. The summed E-state index contributed by atoms with van der Waals surface area (Å²) >= 11 is 0. The largest absolute Gasteiger partial charge is 0.249 e. The number of alkyl halides is 1. The Bertz CT molecular complexity index is 339. The highest BCUT2D eigenvalue weighted by Crippen LogP contribution is 2.32. The van der Waals surface area contributed by atoms with E-state index >= 15 is 0 Å². The minimum Gasteiger partial charge on any atom is -0.249 e. The quantitative estimate of drug-likeness (QED) is 0.659. The molecule has 0 saturated heterocycles. The Hall–Kier alpha value is -1.37. The van der Waals surface area contributed by atoms with Crippen LogP contribution in [-0.4, -0.2) is 16.0 Å². The molecule has 0 aliphatic heterocycles. The Morgan fingerprint density at radius 2 is 2.46 bits per heavy atom. The second-order valence-corrected chi connectivity index (χ2v) is 3.29. The van der Waals surface area contributed by atoms with E-state index in [0.717, 1.165) is 12.8 Å². The van der Waals surface area contributed by atoms with E-state index in [-0.39, 0.29) is 6.04 Å². The number of rotatable bonds is 1. The summed E-state index contributed by atoms with van der Waals surface area (Å²) in [6.07, 6.45) is 2.97. The fourth-order valence-electron chi connectivity index (χ4n) is 1.84. The highest BCUT2D eigenvalue weighted by Gasteiger charge is 2.30. The average molecular weight is 179 g/mol. The predicted molar refractivity (Wildman–Crippen MR) is 44.7 cm³/mol. The van der Waals surface area contributed by atoms with Gasteiger partial charge in [-0.1, -0.05) is 0 Å². The Morgan fingerprint density at radius 3 is 3.08 bits per heavy atom. The lowest BCUT2D eigenvalue weighted by Crippen LogP contribution is -2.17. The first-order valence-electron chi connectivity index (χ1n) is 4.40. The van der Waals surface area contributed by atoms with Crippen molar-refractivity contribution in [3.8, 4) is 6.07 Å². The van der Waals surface area contributed by atoms with Crippen LogP contribution in [0.5, 0.6) is 0 Å². The maximum absolute atomic E-state index is 13.3. The van der Waals surface area contributed by atoms with Crippen molar-refractivity contribution in [1.29, 1.82) is 5.26 Å². The molecule has 1 fully saturated rings. The van der Waals surface area contributed by atoms with Gasteiger partial charge in [0, 0.05) is 0 Å². The van der Waals surface area contributed by atoms with E-state index < -0.39 is 6.17 Å². The Balaban J connectivity index is 2.30. The van der Waals surface area contributed by atoms with Gasteiger partial charge in [0.15, 0.2) is 0 Å². The first-order valence-corrected chi connectivity index (χ1v) is 4.40. The zero-order chi connectivity index (χ0) is 9.26. The second kappa shape index (κ2) is 3.17. The van der Waals surface area contributed by atoms with Crippen LogP contribution in [0, 0.1) is 11.3 Å². The fraction of sp³-hybridized carbons (Fsp3) is 0.556. The van der Waals surface area contributed by atoms with Gasteiger partial charge in [0.25, 0.3) is 0 Å². The van der Waals surface area contributed by atoms with Crippen molar-refractivity contribution in [1.82, 2.24) is 9.78 Å². The van der Waals surface area contributed by atoms with Gasteiger partial charge in [-0.2, -0.15) is 10.4 Å². The molecule has 0 radical (unpaired) electrons. The average Bonchev–Trinajstić information content (AvgIpc) is 2.71. The molecule has 2 unspecified atom stereocenters. The fourth-order valence-corrected chi connectivity index (χ4v) is 1.84. The lowest BCUT2D eigenvalue weighted by molar-refractivity contribution is 0.249. The van der Waals surface area contributed by atoms with Crippen LogP contribution >= 0.6 is 0 Å². The van der Waals surface area contributed by atoms with Gasteiger partial charge in [0.2, 0.25) is 0 Å². The summed E-state index contributed by atoms with van der Waals surface area (Å²) in [4.78, 5) is 0. The smallest absolute Gasteiger partial charge is 0.138 e. The summed E-state index contributed by atoms with van der Waals surface area (Å²) in [5.74, 6) is 0. The Labute approximate surface area is 75.8 Å². The van der Waals surface area contributed by atoms with Gasteiger partial charge in [0.05, 0.1) is 12.2 Å². The second-order valence-electron chi connectivity index (χ2n) is 3.29. The van der Waals surface area contributed by atoms with E-state index in [4.69, 9.17) is 5.26 Å². The van der Waals surface area contributed by atoms with Crippen molar-refractivity contribution in [3.05, 3.63) is 18.0 Å². The van der Waals surface area contributed by atoms with Crippen LogP contribution in [-0.2, 0) is 0 Å². The maximum Gasteiger partial charge on any atom is 0.138 e. The van der Waals surface area contributed by atoms with Gasteiger partial charge in [-0.15, -0.1) is 0 Å². The normalized spacial score (nSPS) is 27.4. The first-order chi connectivity index (χ1) is 6.33. The van der Waals surface area contributed by atoms with Gasteiger partial charge < -0.3 is 0 Å². The number of hydrogen-bond acceptors (Lipinski definition) is 2. The topological polar surface area (TPSA) is 41.6 Å². The molecule has 1 aromatic rings. The molecule has 0 spiro atoms. The third-order valence-corrected chi connectivity index (χ3v) is 2.50. The molecular weight excluding hydrogens is 169 g/mol. The number of hydrogen-bond donors (Lipinski definition) is 0. The third-order valence-electron chi connectivity index (χ3n) is 2.50. The number of nitriles is 1. The van der Waals surface area contributed by atoms with Crippen molar-refractivity contribution in [2.24, 2.45) is 0 Å². The molecule has 1 saturated carbocycles. The molecule has 0 N–H and O–H groups in total. The minimum absolute atomic E-state index is 0.218. The van der Waals surface area contributed by atoms with E-state index in [1.54, 1.807) is 12.3 Å². The monoisotopic (exact) mass is 179 g/mol. The van der Waals surface area contributed by atoms with E-state index in [2.05, 4.69) is 5.10 Å². The van der Waals surface area contributed by atoms with Gasteiger partial charge in [-0.05, 0) is 25.3 Å². The Morgan fingerprint density at radius 1 is 1.62 bits per heavy atom. The number of nitrogens with zero attached hydrogens (tertiary/aromatic N) is 3. The van der Waals surface area contributed by atoms with Gasteiger partial charge in [-0.25, -0.2) is 9.07 Å². The van der Waals surface area contributed by atoms with Crippen molar-refractivity contribution >= 4 is 0 Å². The molecule has 1 aliphatic carbocycles. The Kier molecular flexibility index (Phi) is 2.01. The molecule has 2 rings (SSSR count).